The fourth-order valence-electron chi connectivity index (χ4n) is 2.93. The number of aryl methyl sites for hydroxylation is 1. The van der Waals surface area contributed by atoms with E-state index in [0.29, 0.717) is 0 Å². The average Bonchev–Trinajstić information content (AvgIpc) is 2.38. The number of likely N-dealkylation sites (N-methyl/N-ethyl adjacent to an activating group) is 1. The number of piperidine rings is 1. The van der Waals surface area contributed by atoms with Crippen molar-refractivity contribution in [3.8, 4) is 0 Å². The van der Waals surface area contributed by atoms with Crippen molar-refractivity contribution in [2.45, 2.75) is 25.3 Å². The zero-order valence-electron chi connectivity index (χ0n) is 12.0. The predicted octanol–water partition coefficient (Wildman–Crippen LogP) is 2.65. The van der Waals surface area contributed by atoms with Crippen molar-refractivity contribution in [3.63, 3.8) is 0 Å². The van der Waals surface area contributed by atoms with Crippen molar-refractivity contribution in [2.75, 3.05) is 38.7 Å². The Labute approximate surface area is 124 Å². The van der Waals surface area contributed by atoms with Gasteiger partial charge in [-0.2, -0.15) is 0 Å². The minimum atomic E-state index is -0.113. The zero-order valence-corrected chi connectivity index (χ0v) is 13.6. The Morgan fingerprint density at radius 2 is 2.16 bits per heavy atom. The predicted molar refractivity (Wildman–Crippen MR) is 83.8 cm³/mol. The largest absolute Gasteiger partial charge is 0.394 e. The van der Waals surface area contributed by atoms with E-state index in [9.17, 15) is 5.11 Å². The highest BCUT2D eigenvalue weighted by Crippen LogP contribution is 2.31. The van der Waals surface area contributed by atoms with Gasteiger partial charge >= 0.3 is 0 Å². The number of rotatable bonds is 3. The highest BCUT2D eigenvalue weighted by Gasteiger charge is 2.37. The lowest BCUT2D eigenvalue weighted by Gasteiger charge is -2.47. The lowest BCUT2D eigenvalue weighted by atomic mass is 9.88. The monoisotopic (exact) mass is 326 g/mol. The topological polar surface area (TPSA) is 26.7 Å². The third kappa shape index (κ3) is 2.96. The van der Waals surface area contributed by atoms with E-state index in [4.69, 9.17) is 0 Å². The van der Waals surface area contributed by atoms with Gasteiger partial charge in [0.05, 0.1) is 12.1 Å². The molecule has 0 radical (unpaired) electrons. The number of hydrogen-bond acceptors (Lipinski definition) is 3. The van der Waals surface area contributed by atoms with Gasteiger partial charge in [-0.15, -0.1) is 0 Å². The summed E-state index contributed by atoms with van der Waals surface area (Å²) < 4.78 is 1.12. The normalized spacial score (nSPS) is 24.0. The Balaban J connectivity index is 2.26. The molecule has 1 atom stereocenters. The van der Waals surface area contributed by atoms with Crippen LogP contribution in [0.25, 0.3) is 0 Å². The van der Waals surface area contributed by atoms with Gasteiger partial charge in [-0.05, 0) is 57.6 Å². The van der Waals surface area contributed by atoms with Crippen LogP contribution in [0.2, 0.25) is 0 Å². The van der Waals surface area contributed by atoms with Crippen LogP contribution >= 0.6 is 15.9 Å². The van der Waals surface area contributed by atoms with Crippen LogP contribution in [0.15, 0.2) is 22.7 Å². The van der Waals surface area contributed by atoms with Gasteiger partial charge in [0.25, 0.3) is 0 Å². The first-order chi connectivity index (χ1) is 8.98. The second-order valence-electron chi connectivity index (χ2n) is 5.73. The molecule has 106 valence electrons. The third-order valence-corrected chi connectivity index (χ3v) is 4.79. The molecule has 0 spiro atoms. The summed E-state index contributed by atoms with van der Waals surface area (Å²) in [7, 11) is 4.13. The Hall–Kier alpha value is -0.580. The van der Waals surface area contributed by atoms with Crippen molar-refractivity contribution in [1.82, 2.24) is 4.90 Å². The molecular weight excluding hydrogens is 304 g/mol. The van der Waals surface area contributed by atoms with Crippen LogP contribution in [-0.2, 0) is 0 Å². The maximum Gasteiger partial charge on any atom is 0.0632 e. The number of nitrogens with zero attached hydrogens (tertiary/aromatic N) is 2. The molecule has 1 saturated heterocycles. The maximum absolute atomic E-state index is 9.81. The van der Waals surface area contributed by atoms with Gasteiger partial charge in [0.1, 0.15) is 0 Å². The van der Waals surface area contributed by atoms with Crippen LogP contribution in [0.3, 0.4) is 0 Å². The third-order valence-electron chi connectivity index (χ3n) is 4.30. The molecular formula is C15H23BrN2O. The molecule has 1 heterocycles. The first kappa shape index (κ1) is 14.8. The fraction of sp³-hybridized carbons (Fsp3) is 0.600. The molecule has 1 aliphatic rings. The zero-order chi connectivity index (χ0) is 14.0. The van der Waals surface area contributed by atoms with Gasteiger partial charge in [0.15, 0.2) is 0 Å². The van der Waals surface area contributed by atoms with E-state index in [2.05, 4.69) is 64.9 Å². The molecule has 0 amide bonds. The molecule has 0 saturated carbocycles. The molecule has 1 N–H and O–H groups in total. The van der Waals surface area contributed by atoms with Crippen molar-refractivity contribution < 1.29 is 5.11 Å². The average molecular weight is 327 g/mol. The Bertz CT molecular complexity index is 450. The van der Waals surface area contributed by atoms with Crippen LogP contribution in [-0.4, -0.2) is 49.3 Å². The van der Waals surface area contributed by atoms with Crippen LogP contribution in [0.5, 0.6) is 0 Å². The smallest absolute Gasteiger partial charge is 0.0632 e. The van der Waals surface area contributed by atoms with E-state index in [1.807, 2.05) is 0 Å². The quantitative estimate of drug-likeness (QED) is 0.925. The molecule has 3 nitrogen and oxygen atoms in total. The van der Waals surface area contributed by atoms with E-state index >= 15 is 0 Å². The van der Waals surface area contributed by atoms with Crippen LogP contribution in [0, 0.1) is 6.92 Å². The summed E-state index contributed by atoms with van der Waals surface area (Å²) in [6.07, 6.45) is 2.18. The molecule has 4 heteroatoms. The summed E-state index contributed by atoms with van der Waals surface area (Å²) in [4.78, 5) is 4.58. The second-order valence-corrected chi connectivity index (χ2v) is 6.65. The Kier molecular flexibility index (Phi) is 4.54. The maximum atomic E-state index is 9.81. The van der Waals surface area contributed by atoms with Crippen LogP contribution in [0.1, 0.15) is 18.4 Å². The molecule has 1 aliphatic heterocycles. The number of aliphatic hydroxyl groups is 1. The van der Waals surface area contributed by atoms with Crippen molar-refractivity contribution in [3.05, 3.63) is 28.2 Å². The minimum Gasteiger partial charge on any atom is -0.394 e. The molecule has 1 unspecified atom stereocenters. The molecule has 1 aromatic carbocycles. The van der Waals surface area contributed by atoms with Gasteiger partial charge < -0.3 is 10.0 Å². The fourth-order valence-corrected chi connectivity index (χ4v) is 3.40. The number of hydrogen-bond donors (Lipinski definition) is 1. The van der Waals surface area contributed by atoms with Gasteiger partial charge in [-0.25, -0.2) is 0 Å². The Morgan fingerprint density at radius 3 is 2.74 bits per heavy atom. The lowest BCUT2D eigenvalue weighted by molar-refractivity contribution is 0.0547. The van der Waals surface area contributed by atoms with Gasteiger partial charge in [-0.3, -0.25) is 4.90 Å². The summed E-state index contributed by atoms with van der Waals surface area (Å²) in [5, 5.41) is 9.81. The first-order valence-electron chi connectivity index (χ1n) is 6.78. The number of halogens is 1. The van der Waals surface area contributed by atoms with Gasteiger partial charge in [-0.1, -0.05) is 15.9 Å². The van der Waals surface area contributed by atoms with Gasteiger partial charge in [0.2, 0.25) is 0 Å². The SMILES string of the molecule is Cc1cc(Br)ccc1N1CCCC(CO)(N(C)C)C1. The molecule has 0 aromatic heterocycles. The summed E-state index contributed by atoms with van der Waals surface area (Å²) in [5.41, 5.74) is 2.45. The summed E-state index contributed by atoms with van der Waals surface area (Å²) in [6, 6.07) is 6.41. The summed E-state index contributed by atoms with van der Waals surface area (Å²) >= 11 is 3.51. The van der Waals surface area contributed by atoms with Crippen molar-refractivity contribution in [1.29, 1.82) is 0 Å². The van der Waals surface area contributed by atoms with E-state index in [1.54, 1.807) is 0 Å². The van der Waals surface area contributed by atoms with E-state index in [1.165, 1.54) is 11.3 Å². The van der Waals surface area contributed by atoms with Crippen LogP contribution in [0.4, 0.5) is 5.69 Å². The van der Waals surface area contributed by atoms with E-state index in [-0.39, 0.29) is 12.1 Å². The minimum absolute atomic E-state index is 0.113. The van der Waals surface area contributed by atoms with Crippen molar-refractivity contribution >= 4 is 21.6 Å². The number of aliphatic hydroxyl groups excluding tert-OH is 1. The second kappa shape index (κ2) is 5.81. The highest BCUT2D eigenvalue weighted by molar-refractivity contribution is 9.10. The van der Waals surface area contributed by atoms with E-state index < -0.39 is 0 Å². The molecule has 2 rings (SSSR count). The number of anilines is 1. The highest BCUT2D eigenvalue weighted by atomic mass is 79.9. The van der Waals surface area contributed by atoms with Crippen molar-refractivity contribution in [2.24, 2.45) is 0 Å². The summed E-state index contributed by atoms with van der Waals surface area (Å²) in [5.74, 6) is 0. The molecule has 19 heavy (non-hydrogen) atoms. The van der Waals surface area contributed by atoms with Crippen LogP contribution < -0.4 is 4.90 Å². The lowest BCUT2D eigenvalue weighted by Crippen LogP contribution is -2.58. The first-order valence-corrected chi connectivity index (χ1v) is 7.57. The summed E-state index contributed by atoms with van der Waals surface area (Å²) in [6.45, 7) is 4.31. The Morgan fingerprint density at radius 1 is 1.42 bits per heavy atom. The molecule has 0 aliphatic carbocycles. The van der Waals surface area contributed by atoms with Gasteiger partial charge in [0, 0.05) is 23.2 Å². The number of benzene rings is 1. The van der Waals surface area contributed by atoms with E-state index in [0.717, 1.165) is 30.4 Å². The molecule has 1 fully saturated rings. The standard InChI is InChI=1S/C15H23BrN2O/c1-12-9-13(16)5-6-14(12)18-8-4-7-15(10-18,11-19)17(2)3/h5-6,9,19H,4,7-8,10-11H2,1-3H3. The molecule has 0 bridgehead atoms. The molecule has 1 aromatic rings.